The maximum absolute atomic E-state index is 13.9. The zero-order valence-electron chi connectivity index (χ0n) is 32.9. The smallest absolute Gasteiger partial charge is 0.245 e. The standard InChI is InChI=1S/C46H52N8O2/c1-51(2)41(33-17-7-5-8-18-33)45(55)53-27-13-21-39(53)43-47-35-25-23-31(29-37(35)49-43)15-11-12-16-32-24-26-36-38(30-32)50-44(48-36)40-22-14-28-54(40)46(56)42(52(3)4)34-19-9-6-10-20-34/h5-12,17-20,23-26,29-30,39-42H,13-16,21-22,27-28H2,1-4H3,(H,47,49)(H,48,50)/b12-11+/t39-,40-,41-,42+/m1/s1. The number of aromatic nitrogens is 4. The number of fused-ring (bicyclic) bond motifs is 2. The van der Waals surface area contributed by atoms with Gasteiger partial charge in [-0.3, -0.25) is 19.4 Å². The molecule has 288 valence electrons. The highest BCUT2D eigenvalue weighted by atomic mass is 16.2. The molecule has 10 heteroatoms. The van der Waals surface area contributed by atoms with Gasteiger partial charge in [-0.05, 0) is 113 Å². The van der Waals surface area contributed by atoms with Crippen LogP contribution < -0.4 is 0 Å². The molecule has 10 nitrogen and oxygen atoms in total. The van der Waals surface area contributed by atoms with Gasteiger partial charge in [0.25, 0.3) is 0 Å². The van der Waals surface area contributed by atoms with Crippen LogP contribution in [-0.4, -0.2) is 92.6 Å². The molecule has 2 saturated heterocycles. The summed E-state index contributed by atoms with van der Waals surface area (Å²) in [6, 6.07) is 32.1. The minimum Gasteiger partial charge on any atom is -0.340 e. The first-order chi connectivity index (χ1) is 27.2. The molecule has 4 atom stereocenters. The zero-order valence-corrected chi connectivity index (χ0v) is 32.9. The fourth-order valence-corrected chi connectivity index (χ4v) is 8.70. The number of imidazole rings is 2. The van der Waals surface area contributed by atoms with Crippen LogP contribution in [-0.2, 0) is 22.4 Å². The van der Waals surface area contributed by atoms with Gasteiger partial charge in [0.15, 0.2) is 0 Å². The molecular weight excluding hydrogens is 697 g/mol. The number of carbonyl (C=O) groups is 2. The lowest BCUT2D eigenvalue weighted by molar-refractivity contribution is -0.138. The molecule has 8 rings (SSSR count). The number of hydrogen-bond donors (Lipinski definition) is 2. The van der Waals surface area contributed by atoms with Crippen LogP contribution in [0.4, 0.5) is 0 Å². The highest BCUT2D eigenvalue weighted by Crippen LogP contribution is 2.36. The van der Waals surface area contributed by atoms with Crippen molar-refractivity contribution < 1.29 is 9.59 Å². The predicted octanol–water partition coefficient (Wildman–Crippen LogP) is 7.71. The van der Waals surface area contributed by atoms with Gasteiger partial charge in [0.1, 0.15) is 23.7 Å². The number of hydrogen-bond acceptors (Lipinski definition) is 6. The van der Waals surface area contributed by atoms with Crippen molar-refractivity contribution in [3.05, 3.63) is 143 Å². The van der Waals surface area contributed by atoms with E-state index in [1.165, 1.54) is 11.1 Å². The Morgan fingerprint density at radius 1 is 0.643 bits per heavy atom. The van der Waals surface area contributed by atoms with Crippen molar-refractivity contribution in [2.45, 2.75) is 62.7 Å². The molecule has 0 saturated carbocycles. The normalized spacial score (nSPS) is 18.6. The first-order valence-corrected chi connectivity index (χ1v) is 19.9. The van der Waals surface area contributed by atoms with Crippen molar-refractivity contribution in [2.75, 3.05) is 41.3 Å². The SMILES string of the molecule is CN(C)[C@H](C(=O)N1CCC[C@@H]1c1nc2ccc(C/C=C/Cc3ccc4nc([C@H]5CCCN5C(=O)[C@@H](c5ccccc5)N(C)C)[nH]c4c3)cc2[nH]1)c1ccccc1. The molecule has 2 amide bonds. The van der Waals surface area contributed by atoms with Crippen molar-refractivity contribution in [2.24, 2.45) is 0 Å². The van der Waals surface area contributed by atoms with E-state index >= 15 is 0 Å². The average Bonchev–Trinajstić information content (AvgIpc) is 4.02. The van der Waals surface area contributed by atoms with Gasteiger partial charge in [0.2, 0.25) is 11.8 Å². The van der Waals surface area contributed by atoms with Crippen LogP contribution in [0, 0.1) is 0 Å². The van der Waals surface area contributed by atoms with Crippen molar-refractivity contribution in [1.82, 2.24) is 39.5 Å². The Morgan fingerprint density at radius 3 is 1.45 bits per heavy atom. The molecule has 0 radical (unpaired) electrons. The summed E-state index contributed by atoms with van der Waals surface area (Å²) < 4.78 is 0. The lowest BCUT2D eigenvalue weighted by atomic mass is 10.0. The molecule has 6 aromatic rings. The molecule has 2 aromatic heterocycles. The first kappa shape index (κ1) is 37.3. The Hall–Kier alpha value is -5.58. The Morgan fingerprint density at radius 2 is 1.05 bits per heavy atom. The molecule has 0 aliphatic carbocycles. The third-order valence-corrected chi connectivity index (χ3v) is 11.4. The molecule has 4 heterocycles. The average molecular weight is 749 g/mol. The number of aromatic amines is 2. The van der Waals surface area contributed by atoms with E-state index in [-0.39, 0.29) is 36.0 Å². The number of nitrogens with zero attached hydrogens (tertiary/aromatic N) is 6. The number of carbonyl (C=O) groups excluding carboxylic acids is 2. The van der Waals surface area contributed by atoms with Crippen molar-refractivity contribution >= 4 is 33.9 Å². The number of allylic oxidation sites excluding steroid dienone is 2. The van der Waals surface area contributed by atoms with Crippen LogP contribution in [0.1, 0.15) is 83.8 Å². The second kappa shape index (κ2) is 16.3. The van der Waals surface area contributed by atoms with E-state index in [9.17, 15) is 9.59 Å². The Balaban J connectivity index is 0.909. The molecular formula is C46H52N8O2. The van der Waals surface area contributed by atoms with Gasteiger partial charge in [-0.15, -0.1) is 0 Å². The fraction of sp³-hybridized carbons (Fsp3) is 0.348. The van der Waals surface area contributed by atoms with Crippen LogP contribution in [0.3, 0.4) is 0 Å². The van der Waals surface area contributed by atoms with Gasteiger partial charge in [-0.2, -0.15) is 0 Å². The Labute approximate surface area is 329 Å². The Kier molecular flexibility index (Phi) is 10.8. The number of likely N-dealkylation sites (tertiary alicyclic amines) is 2. The number of benzene rings is 4. The van der Waals surface area contributed by atoms with Crippen LogP contribution in [0.2, 0.25) is 0 Å². The summed E-state index contributed by atoms with van der Waals surface area (Å²) in [5.41, 5.74) is 8.25. The minimum absolute atomic E-state index is 0.0673. The van der Waals surface area contributed by atoms with E-state index in [0.29, 0.717) is 0 Å². The van der Waals surface area contributed by atoms with E-state index in [1.54, 1.807) is 0 Å². The molecule has 2 fully saturated rings. The number of likely N-dealkylation sites (N-methyl/N-ethyl adjacent to an activating group) is 2. The van der Waals surface area contributed by atoms with Crippen LogP contribution in [0.25, 0.3) is 22.1 Å². The monoisotopic (exact) mass is 748 g/mol. The molecule has 0 spiro atoms. The van der Waals surface area contributed by atoms with Gasteiger partial charge < -0.3 is 19.8 Å². The third kappa shape index (κ3) is 7.63. The van der Waals surface area contributed by atoms with Crippen LogP contribution in [0.15, 0.2) is 109 Å². The summed E-state index contributed by atoms with van der Waals surface area (Å²) in [7, 11) is 7.87. The van der Waals surface area contributed by atoms with E-state index in [0.717, 1.165) is 96.5 Å². The maximum Gasteiger partial charge on any atom is 0.245 e. The van der Waals surface area contributed by atoms with Crippen LogP contribution in [0.5, 0.6) is 0 Å². The molecule has 0 bridgehead atoms. The summed E-state index contributed by atoms with van der Waals surface area (Å²) in [6.07, 6.45) is 9.76. The number of H-pyrrole nitrogens is 2. The predicted molar refractivity (Wildman–Crippen MR) is 222 cm³/mol. The highest BCUT2D eigenvalue weighted by molar-refractivity contribution is 5.85. The van der Waals surface area contributed by atoms with Crippen molar-refractivity contribution in [3.8, 4) is 0 Å². The first-order valence-electron chi connectivity index (χ1n) is 19.9. The van der Waals surface area contributed by atoms with E-state index in [2.05, 4.69) is 58.5 Å². The fourth-order valence-electron chi connectivity index (χ4n) is 8.70. The summed E-state index contributed by atoms with van der Waals surface area (Å²) >= 11 is 0. The Bertz CT molecular complexity index is 2170. The highest BCUT2D eigenvalue weighted by Gasteiger charge is 2.38. The second-order valence-electron chi connectivity index (χ2n) is 15.8. The number of amides is 2. The van der Waals surface area contributed by atoms with E-state index in [1.807, 2.05) is 108 Å². The van der Waals surface area contributed by atoms with E-state index < -0.39 is 0 Å². The largest absolute Gasteiger partial charge is 0.340 e. The van der Waals surface area contributed by atoms with Crippen molar-refractivity contribution in [3.63, 3.8) is 0 Å². The molecule has 0 unspecified atom stereocenters. The van der Waals surface area contributed by atoms with Gasteiger partial charge in [0.05, 0.1) is 34.2 Å². The maximum atomic E-state index is 13.9. The number of nitrogens with one attached hydrogen (secondary N) is 2. The summed E-state index contributed by atoms with van der Waals surface area (Å²) in [5.74, 6) is 1.95. The van der Waals surface area contributed by atoms with Gasteiger partial charge in [-0.1, -0.05) is 84.9 Å². The molecule has 2 aliphatic rings. The quantitative estimate of drug-likeness (QED) is 0.124. The summed E-state index contributed by atoms with van der Waals surface area (Å²) in [4.78, 5) is 53.0. The molecule has 4 aromatic carbocycles. The molecule has 2 N–H and O–H groups in total. The minimum atomic E-state index is -0.333. The third-order valence-electron chi connectivity index (χ3n) is 11.4. The van der Waals surface area contributed by atoms with Crippen LogP contribution >= 0.6 is 0 Å². The van der Waals surface area contributed by atoms with Gasteiger partial charge >= 0.3 is 0 Å². The zero-order chi connectivity index (χ0) is 38.8. The summed E-state index contributed by atoms with van der Waals surface area (Å²) in [5, 5.41) is 0. The number of rotatable bonds is 12. The van der Waals surface area contributed by atoms with E-state index in [4.69, 9.17) is 9.97 Å². The molecule has 56 heavy (non-hydrogen) atoms. The van der Waals surface area contributed by atoms with Crippen molar-refractivity contribution in [1.29, 1.82) is 0 Å². The molecule has 2 aliphatic heterocycles. The lowest BCUT2D eigenvalue weighted by Gasteiger charge is -2.31. The second-order valence-corrected chi connectivity index (χ2v) is 15.8. The van der Waals surface area contributed by atoms with Gasteiger partial charge in [-0.25, -0.2) is 9.97 Å². The topological polar surface area (TPSA) is 104 Å². The lowest BCUT2D eigenvalue weighted by Crippen LogP contribution is -2.40. The van der Waals surface area contributed by atoms with Gasteiger partial charge in [0, 0.05) is 13.1 Å². The summed E-state index contributed by atoms with van der Waals surface area (Å²) in [6.45, 7) is 1.46.